The van der Waals surface area contributed by atoms with Gasteiger partial charge in [-0.05, 0) is 32.6 Å². The third kappa shape index (κ3) is 33.2. The van der Waals surface area contributed by atoms with Crippen LogP contribution in [0.25, 0.3) is 0 Å². The molecule has 59 heavy (non-hydrogen) atoms. The number of carbonyl (C=O) groups excluding carboxylic acids is 2. The van der Waals surface area contributed by atoms with Crippen molar-refractivity contribution in [1.29, 1.82) is 0 Å². The van der Waals surface area contributed by atoms with Crippen LogP contribution in [0.5, 0.6) is 0 Å². The lowest BCUT2D eigenvalue weighted by atomic mass is 9.83. The van der Waals surface area contributed by atoms with Crippen molar-refractivity contribution in [3.8, 4) is 0 Å². The minimum atomic E-state index is -1.15. The number of hydrogen-bond acceptors (Lipinski definition) is 6. The van der Waals surface area contributed by atoms with Crippen LogP contribution in [-0.2, 0) is 9.59 Å². The highest BCUT2D eigenvalue weighted by atomic mass is 16.3. The fraction of sp³-hybridized carbons (Fsp3) is 0.962. The number of aliphatic hydroxyl groups excluding tert-OH is 4. The van der Waals surface area contributed by atoms with Crippen LogP contribution in [0.1, 0.15) is 278 Å². The molecule has 0 aliphatic carbocycles. The first-order valence-corrected chi connectivity index (χ1v) is 26.1. The largest absolute Gasteiger partial charge is 0.394 e. The van der Waals surface area contributed by atoms with E-state index in [1.807, 2.05) is 6.92 Å². The maximum atomic E-state index is 14.8. The van der Waals surface area contributed by atoms with Crippen LogP contribution in [0.2, 0.25) is 0 Å². The van der Waals surface area contributed by atoms with E-state index >= 15 is 0 Å². The third-order valence-corrected chi connectivity index (χ3v) is 13.0. The Balaban J connectivity index is 5.55. The number of ketones is 1. The Morgan fingerprint density at radius 1 is 0.458 bits per heavy atom. The molecule has 7 heteroatoms. The van der Waals surface area contributed by atoms with Gasteiger partial charge in [0.05, 0.1) is 31.3 Å². The molecule has 0 aromatic rings. The molecule has 0 spiro atoms. The minimum Gasteiger partial charge on any atom is -0.394 e. The summed E-state index contributed by atoms with van der Waals surface area (Å²) >= 11 is 0. The Bertz CT molecular complexity index is 916. The minimum absolute atomic E-state index is 0.00590. The topological polar surface area (TPSA) is 118 Å². The molecule has 4 unspecified atom stereocenters. The maximum Gasteiger partial charge on any atom is 0.233 e. The Labute approximate surface area is 367 Å². The Kier molecular flexibility index (Phi) is 41.6. The van der Waals surface area contributed by atoms with E-state index in [4.69, 9.17) is 0 Å². The Hall–Kier alpha value is -1.02. The number of hydrogen-bond donors (Lipinski definition) is 4. The molecule has 0 aliphatic rings. The van der Waals surface area contributed by atoms with Crippen molar-refractivity contribution >= 4 is 11.7 Å². The van der Waals surface area contributed by atoms with E-state index in [9.17, 15) is 30.0 Å². The third-order valence-electron chi connectivity index (χ3n) is 13.0. The van der Waals surface area contributed by atoms with Crippen molar-refractivity contribution in [3.63, 3.8) is 0 Å². The van der Waals surface area contributed by atoms with Gasteiger partial charge in [-0.25, -0.2) is 0 Å². The van der Waals surface area contributed by atoms with E-state index in [0.717, 1.165) is 57.8 Å². The second kappa shape index (κ2) is 42.3. The summed E-state index contributed by atoms with van der Waals surface area (Å²) in [4.78, 5) is 30.5. The van der Waals surface area contributed by atoms with Crippen LogP contribution in [0, 0.1) is 5.92 Å². The molecule has 0 rings (SSSR count). The van der Waals surface area contributed by atoms with E-state index in [-0.39, 0.29) is 24.7 Å². The number of Topliss-reactive ketones (excluding diaryl/α,β-unsaturated/α-hetero) is 1. The summed E-state index contributed by atoms with van der Waals surface area (Å²) in [6.07, 6.45) is 41.9. The monoisotopic (exact) mass is 838 g/mol. The zero-order valence-corrected chi connectivity index (χ0v) is 40.0. The van der Waals surface area contributed by atoms with E-state index in [0.29, 0.717) is 19.3 Å². The van der Waals surface area contributed by atoms with Gasteiger partial charge < -0.3 is 25.3 Å². The molecule has 1 amide bonds. The molecular weight excluding hydrogens is 735 g/mol. The van der Waals surface area contributed by atoms with E-state index < -0.39 is 36.9 Å². The van der Waals surface area contributed by atoms with Gasteiger partial charge in [0.25, 0.3) is 0 Å². The number of nitrogens with zero attached hydrogens (tertiary/aromatic N) is 1. The van der Waals surface area contributed by atoms with Gasteiger partial charge in [-0.15, -0.1) is 0 Å². The van der Waals surface area contributed by atoms with Gasteiger partial charge in [0.15, 0.2) is 0 Å². The van der Waals surface area contributed by atoms with Gasteiger partial charge >= 0.3 is 0 Å². The van der Waals surface area contributed by atoms with Crippen LogP contribution < -0.4 is 0 Å². The molecule has 0 saturated heterocycles. The summed E-state index contributed by atoms with van der Waals surface area (Å²) in [7, 11) is 0. The summed E-state index contributed by atoms with van der Waals surface area (Å²) < 4.78 is 0. The van der Waals surface area contributed by atoms with Crippen LogP contribution in [-0.4, -0.2) is 74.5 Å². The van der Waals surface area contributed by atoms with Crippen molar-refractivity contribution in [3.05, 3.63) is 0 Å². The molecule has 0 heterocycles. The van der Waals surface area contributed by atoms with Crippen LogP contribution >= 0.6 is 0 Å². The molecule has 0 saturated carbocycles. The standard InChI is InChI=1S/C52H103NO6/c1-5-8-11-14-17-20-23-25-27-29-32-35-38-41-50(58)49(40-37-34-31-28-26-24-21-18-15-12-9-6-2)51(59)53(44-48(57)46-55)52(4,43-47(56)45-54)42-39-36-33-30-22-19-16-13-10-7-3/h47-49,54-57H,5-46H2,1-4H3. The first-order valence-electron chi connectivity index (χ1n) is 26.1. The lowest BCUT2D eigenvalue weighted by Crippen LogP contribution is -2.57. The van der Waals surface area contributed by atoms with Crippen molar-refractivity contribution in [1.82, 2.24) is 4.90 Å². The zero-order chi connectivity index (χ0) is 43.7. The van der Waals surface area contributed by atoms with Crippen molar-refractivity contribution in [2.24, 2.45) is 5.92 Å². The normalized spacial score (nSPS) is 14.3. The Morgan fingerprint density at radius 2 is 0.780 bits per heavy atom. The average Bonchev–Trinajstić information content (AvgIpc) is 3.23. The zero-order valence-electron chi connectivity index (χ0n) is 40.0. The predicted molar refractivity (Wildman–Crippen MR) is 252 cm³/mol. The van der Waals surface area contributed by atoms with Crippen LogP contribution in [0.15, 0.2) is 0 Å². The molecule has 0 aromatic heterocycles. The molecule has 352 valence electrons. The molecule has 0 aromatic carbocycles. The molecule has 4 atom stereocenters. The summed E-state index contributed by atoms with van der Waals surface area (Å²) in [5.41, 5.74) is -0.875. The lowest BCUT2D eigenvalue weighted by Gasteiger charge is -2.45. The van der Waals surface area contributed by atoms with Crippen LogP contribution in [0.3, 0.4) is 0 Å². The summed E-state index contributed by atoms with van der Waals surface area (Å²) in [5, 5.41) is 41.4. The van der Waals surface area contributed by atoms with Crippen molar-refractivity contribution < 1.29 is 30.0 Å². The number of β-amino-alcohol motifs (C(OH)–C–C–N with tert-alkyl or cyclic N) is 1. The smallest absolute Gasteiger partial charge is 0.233 e. The molecule has 0 aliphatic heterocycles. The van der Waals surface area contributed by atoms with Crippen molar-refractivity contribution in [2.45, 2.75) is 296 Å². The highest BCUT2D eigenvalue weighted by Crippen LogP contribution is 2.32. The number of aliphatic hydroxyl groups is 4. The molecule has 0 bridgehead atoms. The second-order valence-corrected chi connectivity index (χ2v) is 18.9. The summed E-state index contributed by atoms with van der Waals surface area (Å²) in [5.74, 6) is -1.08. The van der Waals surface area contributed by atoms with Gasteiger partial charge in [0.2, 0.25) is 5.91 Å². The molecule has 7 nitrogen and oxygen atoms in total. The molecular formula is C52H103NO6. The maximum absolute atomic E-state index is 14.8. The van der Waals surface area contributed by atoms with Crippen molar-refractivity contribution in [2.75, 3.05) is 19.8 Å². The van der Waals surface area contributed by atoms with Gasteiger partial charge in [-0.2, -0.15) is 0 Å². The average molecular weight is 838 g/mol. The van der Waals surface area contributed by atoms with Crippen LogP contribution in [0.4, 0.5) is 0 Å². The Morgan fingerprint density at radius 3 is 1.14 bits per heavy atom. The fourth-order valence-electron chi connectivity index (χ4n) is 9.05. The number of amides is 1. The first-order chi connectivity index (χ1) is 28.7. The molecule has 4 N–H and O–H groups in total. The summed E-state index contributed by atoms with van der Waals surface area (Å²) in [6, 6.07) is 0. The number of rotatable bonds is 47. The van der Waals surface area contributed by atoms with Gasteiger partial charge in [-0.1, -0.05) is 239 Å². The second-order valence-electron chi connectivity index (χ2n) is 18.9. The first kappa shape index (κ1) is 58.0. The highest BCUT2D eigenvalue weighted by molar-refractivity contribution is 6.01. The quantitative estimate of drug-likeness (QED) is 0.0358. The van der Waals surface area contributed by atoms with Gasteiger partial charge in [-0.3, -0.25) is 9.59 Å². The molecule has 0 radical (unpaired) electrons. The number of carbonyl (C=O) groups is 2. The fourth-order valence-corrected chi connectivity index (χ4v) is 9.05. The lowest BCUT2D eigenvalue weighted by molar-refractivity contribution is -0.150. The van der Waals surface area contributed by atoms with Gasteiger partial charge in [0, 0.05) is 18.5 Å². The highest BCUT2D eigenvalue weighted by Gasteiger charge is 2.41. The summed E-state index contributed by atoms with van der Waals surface area (Å²) in [6.45, 7) is 7.70. The van der Waals surface area contributed by atoms with Gasteiger partial charge in [0.1, 0.15) is 5.78 Å². The molecule has 0 fully saturated rings. The van der Waals surface area contributed by atoms with E-state index in [1.165, 1.54) is 167 Å². The van der Waals surface area contributed by atoms with E-state index in [2.05, 4.69) is 20.8 Å². The SMILES string of the molecule is CCCCCCCCCCCCCCCC(=O)C(CCCCCCCCCCCCCC)C(=O)N(CC(O)CO)C(C)(CCCCCCCCCCCC)CC(O)CO. The predicted octanol–water partition coefficient (Wildman–Crippen LogP) is 13.7. The number of unbranched alkanes of at least 4 members (excludes halogenated alkanes) is 32. The van der Waals surface area contributed by atoms with E-state index in [1.54, 1.807) is 4.90 Å².